The number of rotatable bonds is 5. The van der Waals surface area contributed by atoms with Crippen molar-refractivity contribution in [3.8, 4) is 0 Å². The third-order valence-corrected chi connectivity index (χ3v) is 2.76. The third-order valence-electron chi connectivity index (χ3n) is 2.76. The van der Waals surface area contributed by atoms with Crippen LogP contribution in [0.5, 0.6) is 0 Å². The number of benzene rings is 1. The fraction of sp³-hybridized carbons (Fsp3) is 0.231. The number of carbonyl (C=O) groups is 2. The molecule has 2 N–H and O–H groups in total. The van der Waals surface area contributed by atoms with Crippen LogP contribution in [0.25, 0.3) is 10.9 Å². The molecule has 0 aliphatic carbocycles. The maximum atomic E-state index is 10.9. The van der Waals surface area contributed by atoms with Crippen LogP contribution >= 0.6 is 0 Å². The van der Waals surface area contributed by atoms with Crippen molar-refractivity contribution in [3.63, 3.8) is 0 Å². The van der Waals surface area contributed by atoms with E-state index in [2.05, 4.69) is 4.98 Å². The van der Waals surface area contributed by atoms with Gasteiger partial charge in [0.05, 0.1) is 0 Å². The van der Waals surface area contributed by atoms with Gasteiger partial charge in [-0.15, -0.1) is 0 Å². The molecule has 0 amide bonds. The highest BCUT2D eigenvalue weighted by Crippen LogP contribution is 2.19. The first-order chi connectivity index (χ1) is 8.18. The maximum Gasteiger partial charge on any atom is 0.372 e. The molecule has 1 heterocycles. The molecule has 0 saturated heterocycles. The first kappa shape index (κ1) is 11.4. The number of hydrogen-bond acceptors (Lipinski definition) is 2. The minimum Gasteiger partial charge on any atom is -0.476 e. The number of fused-ring (bicyclic) bond motifs is 1. The number of aromatic nitrogens is 1. The lowest BCUT2D eigenvalue weighted by atomic mass is 10.1. The molecular formula is C13H13NO3. The van der Waals surface area contributed by atoms with Gasteiger partial charge in [0.2, 0.25) is 5.78 Å². The molecule has 0 saturated carbocycles. The lowest BCUT2D eigenvalue weighted by molar-refractivity contribution is -0.149. The van der Waals surface area contributed by atoms with Crippen molar-refractivity contribution in [1.29, 1.82) is 0 Å². The van der Waals surface area contributed by atoms with Gasteiger partial charge in [-0.1, -0.05) is 18.2 Å². The number of para-hydroxylation sites is 1. The molecule has 0 unspecified atom stereocenters. The average Bonchev–Trinajstić information content (AvgIpc) is 2.72. The average molecular weight is 231 g/mol. The van der Waals surface area contributed by atoms with E-state index in [0.717, 1.165) is 16.5 Å². The van der Waals surface area contributed by atoms with E-state index in [1.165, 1.54) is 0 Å². The Morgan fingerprint density at radius 3 is 2.76 bits per heavy atom. The Morgan fingerprint density at radius 1 is 1.24 bits per heavy atom. The van der Waals surface area contributed by atoms with Crippen LogP contribution in [0.1, 0.15) is 18.4 Å². The molecule has 88 valence electrons. The maximum absolute atomic E-state index is 10.9. The summed E-state index contributed by atoms with van der Waals surface area (Å²) >= 11 is 0. The van der Waals surface area contributed by atoms with Crippen LogP contribution in [-0.4, -0.2) is 21.8 Å². The molecule has 2 rings (SSSR count). The number of aromatic amines is 1. The van der Waals surface area contributed by atoms with E-state index >= 15 is 0 Å². The van der Waals surface area contributed by atoms with E-state index < -0.39 is 11.8 Å². The van der Waals surface area contributed by atoms with E-state index in [9.17, 15) is 9.59 Å². The lowest BCUT2D eigenvalue weighted by Gasteiger charge is -1.98. The Bertz CT molecular complexity index is 557. The van der Waals surface area contributed by atoms with Gasteiger partial charge in [0.15, 0.2) is 0 Å². The van der Waals surface area contributed by atoms with Crippen LogP contribution in [0.15, 0.2) is 30.5 Å². The lowest BCUT2D eigenvalue weighted by Crippen LogP contribution is -2.12. The molecule has 1 aromatic carbocycles. The van der Waals surface area contributed by atoms with Gasteiger partial charge in [-0.3, -0.25) is 4.79 Å². The van der Waals surface area contributed by atoms with Crippen molar-refractivity contribution >= 4 is 22.7 Å². The number of carboxylic acids is 1. The highest BCUT2D eigenvalue weighted by molar-refractivity contribution is 6.32. The van der Waals surface area contributed by atoms with Crippen LogP contribution in [0.2, 0.25) is 0 Å². The molecule has 4 nitrogen and oxygen atoms in total. The van der Waals surface area contributed by atoms with Gasteiger partial charge in [0, 0.05) is 23.5 Å². The smallest absolute Gasteiger partial charge is 0.372 e. The Labute approximate surface area is 98.3 Å². The minimum absolute atomic E-state index is 0.0921. The zero-order valence-electron chi connectivity index (χ0n) is 9.27. The molecule has 2 aromatic rings. The van der Waals surface area contributed by atoms with Crippen LogP contribution in [0.3, 0.4) is 0 Å². The highest BCUT2D eigenvalue weighted by atomic mass is 16.4. The monoisotopic (exact) mass is 231 g/mol. The number of carbonyl (C=O) groups excluding carboxylic acids is 1. The molecular weight excluding hydrogens is 218 g/mol. The topological polar surface area (TPSA) is 70.2 Å². The molecule has 0 spiro atoms. The van der Waals surface area contributed by atoms with Crippen molar-refractivity contribution in [3.05, 3.63) is 36.0 Å². The van der Waals surface area contributed by atoms with E-state index in [0.29, 0.717) is 12.8 Å². The van der Waals surface area contributed by atoms with E-state index in [1.807, 2.05) is 30.5 Å². The molecule has 0 aliphatic rings. The van der Waals surface area contributed by atoms with Crippen LogP contribution < -0.4 is 0 Å². The summed E-state index contributed by atoms with van der Waals surface area (Å²) in [5, 5.41) is 9.59. The largest absolute Gasteiger partial charge is 0.476 e. The highest BCUT2D eigenvalue weighted by Gasteiger charge is 2.11. The predicted molar refractivity (Wildman–Crippen MR) is 63.9 cm³/mol. The molecule has 0 bridgehead atoms. The molecule has 0 aliphatic heterocycles. The minimum atomic E-state index is -1.34. The Morgan fingerprint density at radius 2 is 2.00 bits per heavy atom. The quantitative estimate of drug-likeness (QED) is 0.774. The van der Waals surface area contributed by atoms with Crippen LogP contribution in [-0.2, 0) is 16.0 Å². The second kappa shape index (κ2) is 4.82. The summed E-state index contributed by atoms with van der Waals surface area (Å²) in [7, 11) is 0. The van der Waals surface area contributed by atoms with Crippen molar-refractivity contribution < 1.29 is 14.7 Å². The normalized spacial score (nSPS) is 10.6. The third kappa shape index (κ3) is 2.53. The Balaban J connectivity index is 2.00. The van der Waals surface area contributed by atoms with E-state index in [4.69, 9.17) is 5.11 Å². The van der Waals surface area contributed by atoms with Crippen LogP contribution in [0, 0.1) is 0 Å². The molecule has 17 heavy (non-hydrogen) atoms. The second-order valence-electron chi connectivity index (χ2n) is 3.94. The summed E-state index contributed by atoms with van der Waals surface area (Å²) in [5.41, 5.74) is 2.19. The molecule has 4 heteroatoms. The summed E-state index contributed by atoms with van der Waals surface area (Å²) in [6.45, 7) is 0. The van der Waals surface area contributed by atoms with Gasteiger partial charge in [0.1, 0.15) is 0 Å². The van der Waals surface area contributed by atoms with E-state index in [1.54, 1.807) is 0 Å². The van der Waals surface area contributed by atoms with Crippen molar-refractivity contribution in [2.45, 2.75) is 19.3 Å². The number of Topliss-reactive ketones (excluding diaryl/α,β-unsaturated/α-hetero) is 1. The van der Waals surface area contributed by atoms with Crippen LogP contribution in [0.4, 0.5) is 0 Å². The summed E-state index contributed by atoms with van der Waals surface area (Å²) in [6.07, 6.45) is 3.28. The zero-order chi connectivity index (χ0) is 12.3. The van der Waals surface area contributed by atoms with Gasteiger partial charge in [0.25, 0.3) is 0 Å². The van der Waals surface area contributed by atoms with Gasteiger partial charge >= 0.3 is 5.97 Å². The summed E-state index contributed by atoms with van der Waals surface area (Å²) in [4.78, 5) is 24.4. The number of H-pyrrole nitrogens is 1. The molecule has 0 radical (unpaired) electrons. The second-order valence-corrected chi connectivity index (χ2v) is 3.94. The molecule has 0 fully saturated rings. The first-order valence-corrected chi connectivity index (χ1v) is 5.49. The van der Waals surface area contributed by atoms with Crippen molar-refractivity contribution in [1.82, 2.24) is 4.98 Å². The van der Waals surface area contributed by atoms with E-state index in [-0.39, 0.29) is 6.42 Å². The summed E-state index contributed by atoms with van der Waals surface area (Å²) in [6, 6.07) is 7.92. The summed E-state index contributed by atoms with van der Waals surface area (Å²) in [5.74, 6) is -2.06. The number of carboxylic acid groups (broad SMARTS) is 1. The van der Waals surface area contributed by atoms with Gasteiger partial charge in [-0.05, 0) is 24.5 Å². The first-order valence-electron chi connectivity index (χ1n) is 5.49. The van der Waals surface area contributed by atoms with Gasteiger partial charge in [-0.25, -0.2) is 4.79 Å². The molecule has 1 aromatic heterocycles. The van der Waals surface area contributed by atoms with Crippen molar-refractivity contribution in [2.75, 3.05) is 0 Å². The molecule has 0 atom stereocenters. The van der Waals surface area contributed by atoms with Crippen molar-refractivity contribution in [2.24, 2.45) is 0 Å². The predicted octanol–water partition coefficient (Wildman–Crippen LogP) is 2.14. The Kier molecular flexibility index (Phi) is 3.23. The number of hydrogen-bond donors (Lipinski definition) is 2. The standard InChI is InChI=1S/C13H13NO3/c15-12(13(16)17)7-3-4-9-8-14-11-6-2-1-5-10(9)11/h1-2,5-6,8,14H,3-4,7H2,(H,16,17). The Hall–Kier alpha value is -2.10. The number of aliphatic carboxylic acids is 1. The summed E-state index contributed by atoms with van der Waals surface area (Å²) < 4.78 is 0. The fourth-order valence-electron chi connectivity index (χ4n) is 1.88. The van der Waals surface area contributed by atoms with Gasteiger partial charge < -0.3 is 10.1 Å². The number of nitrogens with one attached hydrogen (secondary N) is 1. The fourth-order valence-corrected chi connectivity index (χ4v) is 1.88. The SMILES string of the molecule is O=C(O)C(=O)CCCc1c[nH]c2ccccc12. The van der Waals surface area contributed by atoms with Gasteiger partial charge in [-0.2, -0.15) is 0 Å². The number of aryl methyl sites for hydroxylation is 1. The zero-order valence-corrected chi connectivity index (χ0v) is 9.27. The number of ketones is 1.